The topological polar surface area (TPSA) is 78.4 Å². The van der Waals surface area contributed by atoms with Gasteiger partial charge in [-0.05, 0) is 47.7 Å². The zero-order valence-corrected chi connectivity index (χ0v) is 12.2. The Kier molecular flexibility index (Phi) is 5.90. The number of halogens is 1. The highest BCUT2D eigenvalue weighted by Gasteiger charge is 2.08. The van der Waals surface area contributed by atoms with Gasteiger partial charge in [0, 0.05) is 25.1 Å². The first-order valence-electron chi connectivity index (χ1n) is 5.58. The summed E-state index contributed by atoms with van der Waals surface area (Å²) in [6.45, 7) is 2.69. The Morgan fingerprint density at radius 2 is 2.06 bits per heavy atom. The quantitative estimate of drug-likeness (QED) is 0.690. The molecular weight excluding hydrogens is 347 g/mol. The van der Waals surface area contributed by atoms with Crippen LogP contribution in [0.4, 0.5) is 0 Å². The summed E-state index contributed by atoms with van der Waals surface area (Å²) in [6, 6.07) is 4.70. The van der Waals surface area contributed by atoms with E-state index < -0.39 is 0 Å². The minimum absolute atomic E-state index is 0.0759. The van der Waals surface area contributed by atoms with Gasteiger partial charge in [0.15, 0.2) is 0 Å². The fourth-order valence-corrected chi connectivity index (χ4v) is 1.67. The molecule has 0 saturated carbocycles. The maximum absolute atomic E-state index is 11.7. The Labute approximate surface area is 119 Å². The third kappa shape index (κ3) is 4.52. The highest BCUT2D eigenvalue weighted by molar-refractivity contribution is 14.1. The lowest BCUT2D eigenvalue weighted by Crippen LogP contribution is -2.30. The van der Waals surface area contributed by atoms with Gasteiger partial charge in [0.2, 0.25) is 5.91 Å². The molecule has 6 heteroatoms. The van der Waals surface area contributed by atoms with E-state index in [9.17, 15) is 14.7 Å². The number of phenols is 1. The van der Waals surface area contributed by atoms with Crippen LogP contribution in [0.2, 0.25) is 0 Å². The van der Waals surface area contributed by atoms with Gasteiger partial charge in [0.25, 0.3) is 5.91 Å². The summed E-state index contributed by atoms with van der Waals surface area (Å²) in [5.74, 6) is -0.318. The van der Waals surface area contributed by atoms with Gasteiger partial charge < -0.3 is 15.7 Å². The molecule has 0 spiro atoms. The van der Waals surface area contributed by atoms with Crippen molar-refractivity contribution in [3.63, 3.8) is 0 Å². The molecule has 0 saturated heterocycles. The molecule has 0 heterocycles. The summed E-state index contributed by atoms with van der Waals surface area (Å²) in [6.07, 6.45) is 0.246. The molecule has 2 amide bonds. The Morgan fingerprint density at radius 3 is 2.67 bits per heavy atom. The van der Waals surface area contributed by atoms with Crippen LogP contribution in [0.1, 0.15) is 23.7 Å². The minimum atomic E-state index is -0.300. The maximum Gasteiger partial charge on any atom is 0.251 e. The number of nitrogens with one attached hydrogen (secondary N) is 2. The van der Waals surface area contributed by atoms with E-state index in [1.807, 2.05) is 29.5 Å². The van der Waals surface area contributed by atoms with Crippen LogP contribution >= 0.6 is 22.6 Å². The lowest BCUT2D eigenvalue weighted by molar-refractivity contribution is -0.120. The molecule has 0 aromatic heterocycles. The standard InChI is InChI=1S/C12H15IN2O3/c1-2-14-11(17)5-6-15-12(18)8-3-4-9(13)10(16)7-8/h3-4,7,16H,2,5-6H2,1H3,(H,14,17)(H,15,18). The highest BCUT2D eigenvalue weighted by Crippen LogP contribution is 2.20. The van der Waals surface area contributed by atoms with Crippen LogP contribution < -0.4 is 10.6 Å². The number of amides is 2. The van der Waals surface area contributed by atoms with E-state index in [-0.39, 0.29) is 30.5 Å². The van der Waals surface area contributed by atoms with E-state index in [1.54, 1.807) is 12.1 Å². The molecule has 1 aromatic carbocycles. The van der Waals surface area contributed by atoms with Gasteiger partial charge in [0.05, 0.1) is 3.57 Å². The van der Waals surface area contributed by atoms with Gasteiger partial charge in [-0.1, -0.05) is 0 Å². The molecule has 0 aliphatic carbocycles. The summed E-state index contributed by atoms with van der Waals surface area (Å²) < 4.78 is 0.687. The lowest BCUT2D eigenvalue weighted by atomic mass is 10.2. The number of hydrogen-bond acceptors (Lipinski definition) is 3. The molecule has 1 rings (SSSR count). The second-order valence-electron chi connectivity index (χ2n) is 3.63. The van der Waals surface area contributed by atoms with Crippen molar-refractivity contribution in [1.82, 2.24) is 10.6 Å². The molecule has 0 unspecified atom stereocenters. The average molecular weight is 362 g/mol. The van der Waals surface area contributed by atoms with Crippen LogP contribution in [0.25, 0.3) is 0 Å². The van der Waals surface area contributed by atoms with Crippen molar-refractivity contribution in [3.8, 4) is 5.75 Å². The molecule has 0 atom stereocenters. The maximum atomic E-state index is 11.7. The van der Waals surface area contributed by atoms with Crippen molar-refractivity contribution in [2.75, 3.05) is 13.1 Å². The van der Waals surface area contributed by atoms with E-state index in [4.69, 9.17) is 0 Å². The van der Waals surface area contributed by atoms with Crippen LogP contribution in [-0.2, 0) is 4.79 Å². The number of carbonyl (C=O) groups excluding carboxylic acids is 2. The largest absolute Gasteiger partial charge is 0.507 e. The normalized spacial score (nSPS) is 9.89. The van der Waals surface area contributed by atoms with E-state index in [0.29, 0.717) is 15.7 Å². The van der Waals surface area contributed by atoms with Crippen LogP contribution in [0.15, 0.2) is 18.2 Å². The molecule has 18 heavy (non-hydrogen) atoms. The predicted molar refractivity (Wildman–Crippen MR) is 76.5 cm³/mol. The van der Waals surface area contributed by atoms with Crippen molar-refractivity contribution < 1.29 is 14.7 Å². The van der Waals surface area contributed by atoms with E-state index in [0.717, 1.165) is 0 Å². The first-order valence-corrected chi connectivity index (χ1v) is 6.66. The van der Waals surface area contributed by atoms with Gasteiger partial charge in [-0.3, -0.25) is 9.59 Å². The highest BCUT2D eigenvalue weighted by atomic mass is 127. The third-order valence-electron chi connectivity index (χ3n) is 2.22. The number of hydrogen-bond donors (Lipinski definition) is 3. The number of carbonyl (C=O) groups is 2. The second kappa shape index (κ2) is 7.20. The van der Waals surface area contributed by atoms with Crippen molar-refractivity contribution in [1.29, 1.82) is 0 Å². The minimum Gasteiger partial charge on any atom is -0.507 e. The van der Waals surface area contributed by atoms with Gasteiger partial charge in [-0.25, -0.2) is 0 Å². The molecular formula is C12H15IN2O3. The van der Waals surface area contributed by atoms with Crippen LogP contribution in [0, 0.1) is 3.57 Å². The van der Waals surface area contributed by atoms with Crippen LogP contribution in [0.5, 0.6) is 5.75 Å². The number of rotatable bonds is 5. The van der Waals surface area contributed by atoms with Gasteiger partial charge in [-0.15, -0.1) is 0 Å². The van der Waals surface area contributed by atoms with Gasteiger partial charge >= 0.3 is 0 Å². The Balaban J connectivity index is 2.45. The van der Waals surface area contributed by atoms with Gasteiger partial charge in [-0.2, -0.15) is 0 Å². The monoisotopic (exact) mass is 362 g/mol. The lowest BCUT2D eigenvalue weighted by Gasteiger charge is -2.06. The summed E-state index contributed by atoms with van der Waals surface area (Å²) in [5.41, 5.74) is 0.379. The van der Waals surface area contributed by atoms with E-state index in [1.165, 1.54) is 6.07 Å². The smallest absolute Gasteiger partial charge is 0.251 e. The zero-order valence-electron chi connectivity index (χ0n) is 10.00. The fourth-order valence-electron chi connectivity index (χ4n) is 1.33. The summed E-state index contributed by atoms with van der Waals surface area (Å²) >= 11 is 1.98. The molecule has 0 fully saturated rings. The average Bonchev–Trinajstić information content (AvgIpc) is 2.33. The number of benzene rings is 1. The van der Waals surface area contributed by atoms with E-state index >= 15 is 0 Å². The molecule has 0 aliphatic heterocycles. The Hall–Kier alpha value is -1.31. The van der Waals surface area contributed by atoms with E-state index in [2.05, 4.69) is 10.6 Å². The fraction of sp³-hybridized carbons (Fsp3) is 0.333. The van der Waals surface area contributed by atoms with Crippen LogP contribution in [-0.4, -0.2) is 30.0 Å². The predicted octanol–water partition coefficient (Wildman–Crippen LogP) is 1.25. The summed E-state index contributed by atoms with van der Waals surface area (Å²) in [7, 11) is 0. The second-order valence-corrected chi connectivity index (χ2v) is 4.79. The Morgan fingerprint density at radius 1 is 1.33 bits per heavy atom. The zero-order chi connectivity index (χ0) is 13.5. The number of aromatic hydroxyl groups is 1. The molecule has 1 aromatic rings. The van der Waals surface area contributed by atoms with Crippen LogP contribution in [0.3, 0.4) is 0 Å². The Bertz CT molecular complexity index is 449. The van der Waals surface area contributed by atoms with Gasteiger partial charge in [0.1, 0.15) is 5.75 Å². The first-order chi connectivity index (χ1) is 8.54. The van der Waals surface area contributed by atoms with Crippen molar-refractivity contribution >= 4 is 34.4 Å². The van der Waals surface area contributed by atoms with Crippen molar-refractivity contribution in [2.45, 2.75) is 13.3 Å². The molecule has 0 bridgehead atoms. The molecule has 3 N–H and O–H groups in total. The summed E-state index contributed by atoms with van der Waals surface area (Å²) in [4.78, 5) is 22.8. The molecule has 5 nitrogen and oxygen atoms in total. The molecule has 0 aliphatic rings. The van der Waals surface area contributed by atoms with Crippen molar-refractivity contribution in [2.24, 2.45) is 0 Å². The molecule has 98 valence electrons. The summed E-state index contributed by atoms with van der Waals surface area (Å²) in [5, 5.41) is 14.7. The van der Waals surface area contributed by atoms with Crippen molar-refractivity contribution in [3.05, 3.63) is 27.3 Å². The number of phenolic OH excluding ortho intramolecular Hbond substituents is 1. The third-order valence-corrected chi connectivity index (χ3v) is 3.13. The first kappa shape index (κ1) is 14.7. The molecule has 0 radical (unpaired) electrons. The SMILES string of the molecule is CCNC(=O)CCNC(=O)c1ccc(I)c(O)c1.